The molecule has 1 N–H and O–H groups in total. The van der Waals surface area contributed by atoms with Crippen molar-refractivity contribution in [2.45, 2.75) is 19.4 Å². The Balaban J connectivity index is 1.87. The molecule has 1 heterocycles. The van der Waals surface area contributed by atoms with Crippen molar-refractivity contribution >= 4 is 11.8 Å². The molecule has 27 heavy (non-hydrogen) atoms. The van der Waals surface area contributed by atoms with Crippen LogP contribution in [0, 0.1) is 5.82 Å². The third-order valence-corrected chi connectivity index (χ3v) is 3.86. The standard InChI is InChI=1S/C19H23FN4O3/c1-27-12-2-10-24(19(26)17-14-21-8-9-22-17)11-7-18(25)23-13-15-3-5-16(20)6-4-15/h3-6,8-9,14H,2,7,10-13H2,1H3,(H,23,25). The average Bonchev–Trinajstić information content (AvgIpc) is 2.70. The van der Waals surface area contributed by atoms with Crippen molar-refractivity contribution in [1.29, 1.82) is 0 Å². The Kier molecular flexibility index (Phi) is 8.31. The van der Waals surface area contributed by atoms with E-state index in [0.717, 1.165) is 5.56 Å². The first-order valence-electron chi connectivity index (χ1n) is 8.65. The van der Waals surface area contributed by atoms with Crippen molar-refractivity contribution in [2.75, 3.05) is 26.8 Å². The molecule has 2 aromatic rings. The fourth-order valence-electron chi connectivity index (χ4n) is 2.41. The molecule has 0 fully saturated rings. The summed E-state index contributed by atoms with van der Waals surface area (Å²) in [6, 6.07) is 5.92. The number of hydrogen-bond acceptors (Lipinski definition) is 5. The van der Waals surface area contributed by atoms with Gasteiger partial charge in [-0.15, -0.1) is 0 Å². The molecule has 144 valence electrons. The van der Waals surface area contributed by atoms with Crippen LogP contribution in [-0.2, 0) is 16.1 Å². The van der Waals surface area contributed by atoms with Crippen LogP contribution in [-0.4, -0.2) is 53.5 Å². The van der Waals surface area contributed by atoms with Crippen LogP contribution in [0.4, 0.5) is 4.39 Å². The lowest BCUT2D eigenvalue weighted by atomic mass is 10.2. The highest BCUT2D eigenvalue weighted by molar-refractivity contribution is 5.92. The zero-order valence-corrected chi connectivity index (χ0v) is 15.2. The van der Waals surface area contributed by atoms with Gasteiger partial charge in [-0.1, -0.05) is 12.1 Å². The predicted octanol–water partition coefficient (Wildman–Crippen LogP) is 1.80. The highest BCUT2D eigenvalue weighted by Gasteiger charge is 2.18. The van der Waals surface area contributed by atoms with E-state index in [1.54, 1.807) is 24.1 Å². The summed E-state index contributed by atoms with van der Waals surface area (Å²) in [7, 11) is 1.59. The number of ether oxygens (including phenoxy) is 1. The zero-order valence-electron chi connectivity index (χ0n) is 15.2. The second-order valence-electron chi connectivity index (χ2n) is 5.88. The summed E-state index contributed by atoms with van der Waals surface area (Å²) in [5.41, 5.74) is 1.04. The van der Waals surface area contributed by atoms with Gasteiger partial charge in [0.2, 0.25) is 5.91 Å². The molecule has 0 atom stereocenters. The van der Waals surface area contributed by atoms with Gasteiger partial charge in [0.1, 0.15) is 11.5 Å². The minimum Gasteiger partial charge on any atom is -0.385 e. The Labute approximate surface area is 157 Å². The molecular weight excluding hydrogens is 351 g/mol. The van der Waals surface area contributed by atoms with E-state index in [1.807, 2.05) is 0 Å². The fraction of sp³-hybridized carbons (Fsp3) is 0.368. The summed E-state index contributed by atoms with van der Waals surface area (Å²) < 4.78 is 17.9. The molecular formula is C19H23FN4O3. The van der Waals surface area contributed by atoms with Gasteiger partial charge in [0.05, 0.1) is 6.20 Å². The van der Waals surface area contributed by atoms with Gasteiger partial charge in [-0.2, -0.15) is 0 Å². The monoisotopic (exact) mass is 374 g/mol. The number of carbonyl (C=O) groups is 2. The molecule has 8 heteroatoms. The quantitative estimate of drug-likeness (QED) is 0.641. The van der Waals surface area contributed by atoms with Crippen LogP contribution in [0.5, 0.6) is 0 Å². The van der Waals surface area contributed by atoms with Crippen LogP contribution in [0.15, 0.2) is 42.9 Å². The van der Waals surface area contributed by atoms with Crippen LogP contribution in [0.1, 0.15) is 28.9 Å². The van der Waals surface area contributed by atoms with Crippen molar-refractivity contribution in [1.82, 2.24) is 20.2 Å². The van der Waals surface area contributed by atoms with E-state index in [2.05, 4.69) is 15.3 Å². The summed E-state index contributed by atoms with van der Waals surface area (Å²) in [5.74, 6) is -0.784. The Morgan fingerprint density at radius 3 is 2.63 bits per heavy atom. The van der Waals surface area contributed by atoms with E-state index in [4.69, 9.17) is 4.74 Å². The molecule has 0 saturated heterocycles. The number of amides is 2. The van der Waals surface area contributed by atoms with Crippen molar-refractivity contribution in [2.24, 2.45) is 0 Å². The first-order valence-corrected chi connectivity index (χ1v) is 8.65. The van der Waals surface area contributed by atoms with Gasteiger partial charge in [-0.25, -0.2) is 9.37 Å². The summed E-state index contributed by atoms with van der Waals surface area (Å²) in [4.78, 5) is 34.2. The molecule has 0 bridgehead atoms. The Bertz CT molecular complexity index is 725. The molecule has 0 aliphatic carbocycles. The number of nitrogens with zero attached hydrogens (tertiary/aromatic N) is 3. The van der Waals surface area contributed by atoms with E-state index < -0.39 is 0 Å². The highest BCUT2D eigenvalue weighted by atomic mass is 19.1. The molecule has 0 spiro atoms. The van der Waals surface area contributed by atoms with Crippen molar-refractivity contribution in [3.63, 3.8) is 0 Å². The number of hydrogen-bond donors (Lipinski definition) is 1. The summed E-state index contributed by atoms with van der Waals surface area (Å²) in [6.45, 7) is 1.53. The lowest BCUT2D eigenvalue weighted by molar-refractivity contribution is -0.121. The molecule has 0 aliphatic rings. The number of rotatable bonds is 10. The van der Waals surface area contributed by atoms with Gasteiger partial charge in [0, 0.05) is 52.2 Å². The summed E-state index contributed by atoms with van der Waals surface area (Å²) in [5, 5.41) is 2.77. The SMILES string of the molecule is COCCCN(CCC(=O)NCc1ccc(F)cc1)C(=O)c1cnccn1. The first-order chi connectivity index (χ1) is 13.1. The first kappa shape index (κ1) is 20.4. The van der Waals surface area contributed by atoms with Crippen LogP contribution in [0.25, 0.3) is 0 Å². The molecule has 0 radical (unpaired) electrons. The van der Waals surface area contributed by atoms with Crippen LogP contribution >= 0.6 is 0 Å². The second-order valence-corrected chi connectivity index (χ2v) is 5.88. The molecule has 7 nitrogen and oxygen atoms in total. The maximum atomic E-state index is 12.9. The number of carbonyl (C=O) groups excluding carboxylic acids is 2. The smallest absolute Gasteiger partial charge is 0.274 e. The Morgan fingerprint density at radius 2 is 1.96 bits per heavy atom. The lowest BCUT2D eigenvalue weighted by Gasteiger charge is -2.22. The molecule has 0 saturated carbocycles. The normalized spacial score (nSPS) is 10.4. The molecule has 1 aromatic carbocycles. The number of benzene rings is 1. The number of aromatic nitrogens is 2. The molecule has 0 aliphatic heterocycles. The molecule has 0 unspecified atom stereocenters. The van der Waals surface area contributed by atoms with Crippen LogP contribution in [0.2, 0.25) is 0 Å². The topological polar surface area (TPSA) is 84.4 Å². The zero-order chi connectivity index (χ0) is 19.5. The number of halogens is 1. The van der Waals surface area contributed by atoms with Crippen molar-refractivity contribution in [3.05, 3.63) is 59.9 Å². The van der Waals surface area contributed by atoms with E-state index in [9.17, 15) is 14.0 Å². The number of nitrogens with one attached hydrogen (secondary N) is 1. The van der Waals surface area contributed by atoms with Crippen LogP contribution in [0.3, 0.4) is 0 Å². The van der Waals surface area contributed by atoms with Gasteiger partial charge >= 0.3 is 0 Å². The molecule has 2 rings (SSSR count). The second kappa shape index (κ2) is 11.0. The third-order valence-electron chi connectivity index (χ3n) is 3.86. The molecule has 1 aromatic heterocycles. The summed E-state index contributed by atoms with van der Waals surface area (Å²) >= 11 is 0. The van der Waals surface area contributed by atoms with Gasteiger partial charge in [-0.3, -0.25) is 14.6 Å². The Hall–Kier alpha value is -2.87. The van der Waals surface area contributed by atoms with E-state index in [-0.39, 0.29) is 36.3 Å². The maximum absolute atomic E-state index is 12.9. The van der Waals surface area contributed by atoms with Gasteiger partial charge < -0.3 is 15.0 Å². The third kappa shape index (κ3) is 7.10. The van der Waals surface area contributed by atoms with E-state index in [0.29, 0.717) is 26.1 Å². The van der Waals surface area contributed by atoms with E-state index >= 15 is 0 Å². The number of methoxy groups -OCH3 is 1. The van der Waals surface area contributed by atoms with E-state index in [1.165, 1.54) is 30.7 Å². The maximum Gasteiger partial charge on any atom is 0.274 e. The summed E-state index contributed by atoms with van der Waals surface area (Å²) in [6.07, 6.45) is 5.16. The predicted molar refractivity (Wildman–Crippen MR) is 97.3 cm³/mol. The van der Waals surface area contributed by atoms with Gasteiger partial charge in [-0.05, 0) is 24.1 Å². The van der Waals surface area contributed by atoms with Gasteiger partial charge in [0.25, 0.3) is 5.91 Å². The average molecular weight is 374 g/mol. The minimum absolute atomic E-state index is 0.153. The Morgan fingerprint density at radius 1 is 1.19 bits per heavy atom. The minimum atomic E-state index is -0.320. The van der Waals surface area contributed by atoms with Crippen LogP contribution < -0.4 is 5.32 Å². The van der Waals surface area contributed by atoms with Crippen molar-refractivity contribution < 1.29 is 18.7 Å². The van der Waals surface area contributed by atoms with Crippen molar-refractivity contribution in [3.8, 4) is 0 Å². The molecule has 2 amide bonds. The lowest BCUT2D eigenvalue weighted by Crippen LogP contribution is -2.36. The fourth-order valence-corrected chi connectivity index (χ4v) is 2.41. The van der Waals surface area contributed by atoms with Gasteiger partial charge in [0.15, 0.2) is 0 Å². The largest absolute Gasteiger partial charge is 0.385 e. The highest BCUT2D eigenvalue weighted by Crippen LogP contribution is 2.05.